The quantitative estimate of drug-likeness (QED) is 0.438. The minimum absolute atomic E-state index is 0. The summed E-state index contributed by atoms with van der Waals surface area (Å²) in [5.74, 6) is 0.505. The summed E-state index contributed by atoms with van der Waals surface area (Å²) in [6.07, 6.45) is 0. The van der Waals surface area contributed by atoms with Crippen LogP contribution in [0.1, 0.15) is 40.9 Å². The van der Waals surface area contributed by atoms with Gasteiger partial charge in [0.05, 0.1) is 0 Å². The van der Waals surface area contributed by atoms with Gasteiger partial charge in [0.2, 0.25) is 0 Å². The van der Waals surface area contributed by atoms with Crippen molar-refractivity contribution in [3.8, 4) is 0 Å². The van der Waals surface area contributed by atoms with Gasteiger partial charge in [-0.1, -0.05) is 37.5 Å². The van der Waals surface area contributed by atoms with E-state index in [9.17, 15) is 4.79 Å². The fourth-order valence-electron chi connectivity index (χ4n) is 2.03. The van der Waals surface area contributed by atoms with Crippen LogP contribution < -0.4 is 18.9 Å². The van der Waals surface area contributed by atoms with Crippen molar-refractivity contribution in [2.24, 2.45) is 5.92 Å². The smallest absolute Gasteiger partial charge is 0.546 e. The number of hydrogen-bond donors (Lipinski definition) is 0. The molecule has 0 heterocycles. The van der Waals surface area contributed by atoms with Crippen molar-refractivity contribution in [2.75, 3.05) is 0 Å². The van der Waals surface area contributed by atoms with E-state index < -0.39 is 0 Å². The molecule has 0 aromatic heterocycles. The third-order valence-corrected chi connectivity index (χ3v) is 3.80. The molecular formula is C14H20LiOP. The van der Waals surface area contributed by atoms with Crippen LogP contribution in [-0.4, -0.2) is 11.4 Å². The van der Waals surface area contributed by atoms with E-state index in [4.69, 9.17) is 0 Å². The van der Waals surface area contributed by atoms with Gasteiger partial charge in [-0.3, -0.25) is 4.79 Å². The third-order valence-electron chi connectivity index (χ3n) is 2.87. The zero-order chi connectivity index (χ0) is 12.5. The Hall–Kier alpha value is -0.0826. The van der Waals surface area contributed by atoms with Gasteiger partial charge in [-0.05, 0) is 31.9 Å². The molecule has 0 spiro atoms. The van der Waals surface area contributed by atoms with E-state index in [1.165, 1.54) is 5.56 Å². The predicted molar refractivity (Wildman–Crippen MR) is 71.9 cm³/mol. The Morgan fingerprint density at radius 3 is 1.88 bits per heavy atom. The fourth-order valence-corrected chi connectivity index (χ4v) is 2.17. The SMILES string of the molecule is Cc1cc(C)c(C(=O)C([PH-])C(C)C)c(C)c1.[Li+]. The van der Waals surface area contributed by atoms with Crippen LogP contribution in [0.4, 0.5) is 0 Å². The van der Waals surface area contributed by atoms with Crippen molar-refractivity contribution in [3.05, 3.63) is 34.4 Å². The molecule has 3 heteroatoms. The molecule has 0 fully saturated rings. The average Bonchev–Trinajstić information content (AvgIpc) is 2.14. The van der Waals surface area contributed by atoms with Crippen LogP contribution in [-0.2, 0) is 0 Å². The Balaban J connectivity index is 0.00000256. The Morgan fingerprint density at radius 1 is 1.12 bits per heavy atom. The normalized spacial score (nSPS) is 12.2. The maximum absolute atomic E-state index is 12.3. The van der Waals surface area contributed by atoms with Crippen molar-refractivity contribution in [1.82, 2.24) is 0 Å². The summed E-state index contributed by atoms with van der Waals surface area (Å²) in [6, 6.07) is 4.14. The first kappa shape index (κ1) is 16.9. The first-order valence-corrected chi connectivity index (χ1v) is 6.25. The molecule has 0 N–H and O–H groups in total. The molecule has 0 aliphatic rings. The van der Waals surface area contributed by atoms with Crippen LogP contribution in [0.5, 0.6) is 0 Å². The largest absolute Gasteiger partial charge is 1.00 e. The summed E-state index contributed by atoms with van der Waals surface area (Å²) in [7, 11) is 3.54. The standard InChI is InChI=1S/C14H20OP.Li/c1-8(2)14(16)13(15)12-10(4)6-9(3)7-11(12)5;/h6-8,14,16H,1-5H3;/q-1;+1. The zero-order valence-electron chi connectivity index (χ0n) is 11.7. The molecule has 1 aromatic carbocycles. The molecule has 0 saturated heterocycles. The Morgan fingerprint density at radius 2 is 1.53 bits per heavy atom. The van der Waals surface area contributed by atoms with Gasteiger partial charge in [0.15, 0.2) is 0 Å². The van der Waals surface area contributed by atoms with Gasteiger partial charge in [-0.25, -0.2) is 0 Å². The molecule has 0 aliphatic heterocycles. The van der Waals surface area contributed by atoms with E-state index in [1.54, 1.807) is 0 Å². The second kappa shape index (κ2) is 6.74. The van der Waals surface area contributed by atoms with Gasteiger partial charge in [0, 0.05) is 5.56 Å². The van der Waals surface area contributed by atoms with Crippen LogP contribution in [0.25, 0.3) is 0 Å². The van der Waals surface area contributed by atoms with E-state index in [-0.39, 0.29) is 30.3 Å². The Bertz CT molecular complexity index is 390. The van der Waals surface area contributed by atoms with Gasteiger partial charge in [-0.2, -0.15) is 0 Å². The third kappa shape index (κ3) is 3.96. The summed E-state index contributed by atoms with van der Waals surface area (Å²) >= 11 is 0. The van der Waals surface area contributed by atoms with Crippen molar-refractivity contribution in [1.29, 1.82) is 0 Å². The van der Waals surface area contributed by atoms with Crippen LogP contribution in [0.3, 0.4) is 0 Å². The second-order valence-corrected chi connectivity index (χ2v) is 5.48. The van der Waals surface area contributed by atoms with Crippen LogP contribution >= 0.6 is 9.24 Å². The molecule has 0 radical (unpaired) electrons. The van der Waals surface area contributed by atoms with Gasteiger partial charge >= 0.3 is 18.9 Å². The van der Waals surface area contributed by atoms with Gasteiger partial charge in [0.25, 0.3) is 0 Å². The monoisotopic (exact) mass is 242 g/mol. The number of benzene rings is 1. The number of hydrogen-bond acceptors (Lipinski definition) is 1. The molecule has 17 heavy (non-hydrogen) atoms. The van der Waals surface area contributed by atoms with E-state index in [0.717, 1.165) is 16.7 Å². The zero-order valence-corrected chi connectivity index (χ0v) is 12.7. The number of aryl methyl sites for hydroxylation is 3. The fraction of sp³-hybridized carbons (Fsp3) is 0.500. The van der Waals surface area contributed by atoms with Crippen LogP contribution in [0.2, 0.25) is 0 Å². The number of Topliss-reactive ketones (excluding diaryl/α,β-unsaturated/α-hetero) is 1. The van der Waals surface area contributed by atoms with Crippen molar-refractivity contribution >= 4 is 15.0 Å². The van der Waals surface area contributed by atoms with Gasteiger partial charge in [-0.15, -0.1) is 5.66 Å². The summed E-state index contributed by atoms with van der Waals surface area (Å²) in [4.78, 5) is 12.3. The molecule has 1 aromatic rings. The molecular weight excluding hydrogens is 222 g/mol. The van der Waals surface area contributed by atoms with Crippen molar-refractivity contribution in [2.45, 2.75) is 40.3 Å². The summed E-state index contributed by atoms with van der Waals surface area (Å²) in [6.45, 7) is 10.2. The maximum atomic E-state index is 12.3. The molecule has 0 bridgehead atoms. The molecule has 0 amide bonds. The van der Waals surface area contributed by atoms with Gasteiger partial charge < -0.3 is 9.24 Å². The molecule has 1 nitrogen and oxygen atoms in total. The molecule has 0 aliphatic carbocycles. The van der Waals surface area contributed by atoms with E-state index in [0.29, 0.717) is 5.92 Å². The predicted octanol–water partition coefficient (Wildman–Crippen LogP) is 0.966. The van der Waals surface area contributed by atoms with E-state index >= 15 is 0 Å². The molecule has 1 rings (SSSR count). The minimum atomic E-state index is -0.0971. The summed E-state index contributed by atoms with van der Waals surface area (Å²) in [5, 5.41) is 0. The van der Waals surface area contributed by atoms with Crippen LogP contribution in [0.15, 0.2) is 12.1 Å². The summed E-state index contributed by atoms with van der Waals surface area (Å²) in [5.41, 5.74) is 4.14. The maximum Gasteiger partial charge on any atom is 1.00 e. The molecule has 1 unspecified atom stereocenters. The number of ketones is 1. The molecule has 0 saturated carbocycles. The first-order chi connectivity index (χ1) is 7.34. The summed E-state index contributed by atoms with van der Waals surface area (Å²) < 4.78 is 0. The van der Waals surface area contributed by atoms with E-state index in [2.05, 4.69) is 42.1 Å². The number of carbonyl (C=O) groups is 1. The van der Waals surface area contributed by atoms with E-state index in [1.807, 2.05) is 13.8 Å². The van der Waals surface area contributed by atoms with Crippen molar-refractivity contribution < 1.29 is 23.7 Å². The Labute approximate surface area is 119 Å². The van der Waals surface area contributed by atoms with Gasteiger partial charge in [0.1, 0.15) is 5.78 Å². The number of rotatable bonds is 3. The second-order valence-electron chi connectivity index (χ2n) is 4.86. The Kier molecular flexibility index (Phi) is 6.71. The number of carbonyl (C=O) groups excluding carboxylic acids is 1. The molecule has 1 atom stereocenters. The minimum Gasteiger partial charge on any atom is -0.546 e. The van der Waals surface area contributed by atoms with Crippen molar-refractivity contribution in [3.63, 3.8) is 0 Å². The topological polar surface area (TPSA) is 17.1 Å². The van der Waals surface area contributed by atoms with Crippen LogP contribution in [0, 0.1) is 26.7 Å². The molecule has 88 valence electrons. The first-order valence-electron chi connectivity index (χ1n) is 5.67. The average molecular weight is 242 g/mol.